The van der Waals surface area contributed by atoms with Crippen LogP contribution in [-0.4, -0.2) is 70.7 Å². The third-order valence-electron chi connectivity index (χ3n) is 5.15. The number of aliphatic carboxylic acids is 1. The number of nitrogens with one attached hydrogen (secondary N) is 1. The maximum Gasteiger partial charge on any atom is 0.352 e. The summed E-state index contributed by atoms with van der Waals surface area (Å²) in [7, 11) is 1.75. The van der Waals surface area contributed by atoms with Crippen LogP contribution in [0.5, 0.6) is 0 Å². The number of carboxylic acids is 1. The van der Waals surface area contributed by atoms with Gasteiger partial charge in [0.15, 0.2) is 4.34 Å². The Hall–Kier alpha value is -2.38. The Morgan fingerprint density at radius 2 is 2.03 bits per heavy atom. The molecule has 2 amide bonds. The highest BCUT2D eigenvalue weighted by Gasteiger charge is 2.54. The molecular weight excluding hydrogens is 460 g/mol. The van der Waals surface area contributed by atoms with Gasteiger partial charge in [-0.3, -0.25) is 19.2 Å². The first-order chi connectivity index (χ1) is 14.7. The highest BCUT2D eigenvalue weighted by Crippen LogP contribution is 2.41. The van der Waals surface area contributed by atoms with Crippen LogP contribution < -0.4 is 5.32 Å². The highest BCUT2D eigenvalue weighted by atomic mass is 32.2. The average molecular weight is 481 g/mol. The minimum absolute atomic E-state index is 0.00160. The number of amides is 2. The number of thioether (sulfide) groups is 2. The first-order valence-corrected chi connectivity index (χ1v) is 12.2. The molecule has 4 rings (SSSR count). The van der Waals surface area contributed by atoms with Crippen LogP contribution in [0.4, 0.5) is 0 Å². The van der Waals surface area contributed by atoms with Crippen LogP contribution in [0.2, 0.25) is 0 Å². The molecular formula is C18H20N6O4S3. The van der Waals surface area contributed by atoms with Crippen LogP contribution >= 0.6 is 34.9 Å². The molecule has 0 radical (unpaired) electrons. The van der Waals surface area contributed by atoms with Crippen molar-refractivity contribution >= 4 is 52.6 Å². The second-order valence-corrected chi connectivity index (χ2v) is 10.7. The summed E-state index contributed by atoms with van der Waals surface area (Å²) in [5, 5.41) is 25.2. The number of fused-ring (bicyclic) bond motifs is 1. The minimum Gasteiger partial charge on any atom is -0.477 e. The molecule has 10 nitrogen and oxygen atoms in total. The van der Waals surface area contributed by atoms with E-state index in [4.69, 9.17) is 0 Å². The van der Waals surface area contributed by atoms with Gasteiger partial charge in [0.25, 0.3) is 11.8 Å². The van der Waals surface area contributed by atoms with Crippen molar-refractivity contribution in [2.45, 2.75) is 36.5 Å². The zero-order valence-electron chi connectivity index (χ0n) is 17.2. The molecule has 1 fully saturated rings. The molecule has 1 saturated heterocycles. The zero-order chi connectivity index (χ0) is 22.4. The van der Waals surface area contributed by atoms with Crippen LogP contribution in [0, 0.1) is 20.8 Å². The maximum absolute atomic E-state index is 12.8. The number of carboxylic acid groups (broad SMARTS) is 1. The largest absolute Gasteiger partial charge is 0.477 e. The summed E-state index contributed by atoms with van der Waals surface area (Å²) in [5.41, 5.74) is 2.38. The van der Waals surface area contributed by atoms with Crippen molar-refractivity contribution in [3.05, 3.63) is 33.2 Å². The number of carbonyl (C=O) groups excluding carboxylic acids is 2. The molecule has 2 aliphatic rings. The molecule has 2 aromatic rings. The Kier molecular flexibility index (Phi) is 5.83. The van der Waals surface area contributed by atoms with E-state index in [0.717, 1.165) is 9.35 Å². The van der Waals surface area contributed by atoms with Crippen molar-refractivity contribution in [2.75, 3.05) is 11.5 Å². The lowest BCUT2D eigenvalue weighted by Crippen LogP contribution is -2.70. The van der Waals surface area contributed by atoms with E-state index >= 15 is 0 Å². The first-order valence-electron chi connectivity index (χ1n) is 9.33. The van der Waals surface area contributed by atoms with Crippen molar-refractivity contribution in [3.63, 3.8) is 0 Å². The lowest BCUT2D eigenvalue weighted by Gasteiger charge is -2.49. The summed E-state index contributed by atoms with van der Waals surface area (Å²) in [6, 6.07) is -0.772. The Labute approximate surface area is 190 Å². The standard InChI is InChI=1S/C18H20N6O4S3/c1-7-11(8(2)23(4)22-7)14(25)19-12-15(26)24-13(17(27)28)10(5-29-16(12)24)6-30-18-21-20-9(3)31-18/h12,16H,5-6H2,1-4H3,(H,19,25)(H,27,28)/t12-,16-/m1/s1. The van der Waals surface area contributed by atoms with Crippen molar-refractivity contribution in [2.24, 2.45) is 7.05 Å². The number of aryl methyl sites for hydroxylation is 3. The molecule has 0 spiro atoms. The second kappa shape index (κ2) is 8.28. The normalized spacial score (nSPS) is 20.5. The van der Waals surface area contributed by atoms with E-state index in [1.54, 1.807) is 25.6 Å². The molecule has 2 N–H and O–H groups in total. The summed E-state index contributed by atoms with van der Waals surface area (Å²) in [6.07, 6.45) is 0. The monoisotopic (exact) mass is 480 g/mol. The number of rotatable bonds is 6. The van der Waals surface area contributed by atoms with Crippen LogP contribution in [-0.2, 0) is 16.6 Å². The van der Waals surface area contributed by atoms with E-state index in [9.17, 15) is 19.5 Å². The third kappa shape index (κ3) is 3.85. The van der Waals surface area contributed by atoms with E-state index in [-0.39, 0.29) is 11.6 Å². The van der Waals surface area contributed by atoms with Crippen molar-refractivity contribution in [1.29, 1.82) is 0 Å². The molecule has 0 aliphatic carbocycles. The van der Waals surface area contributed by atoms with Gasteiger partial charge in [0.1, 0.15) is 22.1 Å². The molecule has 0 aromatic carbocycles. The fraction of sp³-hybridized carbons (Fsp3) is 0.444. The SMILES string of the molecule is Cc1nnc(SCC2=C(C(=O)O)N3C(=O)[C@@H](NC(=O)c4c(C)nn(C)c4C)[C@H]3SC2)s1. The van der Waals surface area contributed by atoms with Gasteiger partial charge in [-0.2, -0.15) is 5.10 Å². The summed E-state index contributed by atoms with van der Waals surface area (Å²) in [4.78, 5) is 38.9. The fourth-order valence-corrected chi connectivity index (χ4v) is 6.90. The topological polar surface area (TPSA) is 130 Å². The predicted octanol–water partition coefficient (Wildman–Crippen LogP) is 1.34. The number of hydrogen-bond acceptors (Lipinski definition) is 9. The lowest BCUT2D eigenvalue weighted by atomic mass is 10.0. The molecule has 31 heavy (non-hydrogen) atoms. The van der Waals surface area contributed by atoms with Crippen LogP contribution in [0.15, 0.2) is 15.6 Å². The van der Waals surface area contributed by atoms with E-state index < -0.39 is 23.3 Å². The lowest BCUT2D eigenvalue weighted by molar-refractivity contribution is -0.148. The predicted molar refractivity (Wildman–Crippen MR) is 117 cm³/mol. The van der Waals surface area contributed by atoms with E-state index in [2.05, 4.69) is 20.6 Å². The van der Waals surface area contributed by atoms with Gasteiger partial charge in [-0.1, -0.05) is 23.1 Å². The summed E-state index contributed by atoms with van der Waals surface area (Å²) < 4.78 is 2.37. The zero-order valence-corrected chi connectivity index (χ0v) is 19.7. The van der Waals surface area contributed by atoms with Gasteiger partial charge in [-0.15, -0.1) is 22.0 Å². The van der Waals surface area contributed by atoms with Crippen LogP contribution in [0.25, 0.3) is 0 Å². The summed E-state index contributed by atoms with van der Waals surface area (Å²) in [6.45, 7) is 5.38. The molecule has 13 heteroatoms. The molecule has 0 bridgehead atoms. The third-order valence-corrected chi connectivity index (χ3v) is 8.55. The Balaban J connectivity index is 1.50. The molecule has 4 heterocycles. The Morgan fingerprint density at radius 3 is 2.61 bits per heavy atom. The molecule has 164 valence electrons. The molecule has 0 saturated carbocycles. The van der Waals surface area contributed by atoms with Gasteiger partial charge in [0.2, 0.25) is 0 Å². The second-order valence-electron chi connectivity index (χ2n) is 7.16. The Bertz CT molecular complexity index is 1120. The molecule has 2 atom stereocenters. The van der Waals surface area contributed by atoms with Gasteiger partial charge < -0.3 is 10.4 Å². The smallest absolute Gasteiger partial charge is 0.352 e. The Morgan fingerprint density at radius 1 is 1.29 bits per heavy atom. The quantitative estimate of drug-likeness (QED) is 0.464. The van der Waals surface area contributed by atoms with Crippen molar-refractivity contribution in [1.82, 2.24) is 30.2 Å². The maximum atomic E-state index is 12.8. The number of hydrogen-bond donors (Lipinski definition) is 2. The minimum atomic E-state index is -1.15. The first kappa shape index (κ1) is 21.8. The van der Waals surface area contributed by atoms with E-state index in [1.165, 1.54) is 39.8 Å². The van der Waals surface area contributed by atoms with Gasteiger partial charge in [0.05, 0.1) is 11.3 Å². The number of nitrogens with zero attached hydrogens (tertiary/aromatic N) is 5. The highest BCUT2D eigenvalue weighted by molar-refractivity contribution is 8.01. The molecule has 2 aromatic heterocycles. The number of β-lactam (4-membered cyclic amide) rings is 1. The number of aromatic nitrogens is 4. The van der Waals surface area contributed by atoms with E-state index in [0.29, 0.717) is 34.0 Å². The summed E-state index contributed by atoms with van der Waals surface area (Å²) in [5.74, 6) is -1.08. The fourth-order valence-electron chi connectivity index (χ4n) is 3.60. The van der Waals surface area contributed by atoms with Gasteiger partial charge >= 0.3 is 5.97 Å². The van der Waals surface area contributed by atoms with Gasteiger partial charge in [-0.25, -0.2) is 4.79 Å². The van der Waals surface area contributed by atoms with Crippen LogP contribution in [0.3, 0.4) is 0 Å². The van der Waals surface area contributed by atoms with Gasteiger partial charge in [-0.05, 0) is 26.3 Å². The molecule has 2 aliphatic heterocycles. The average Bonchev–Trinajstić information content (AvgIpc) is 3.25. The van der Waals surface area contributed by atoms with Crippen molar-refractivity contribution < 1.29 is 19.5 Å². The van der Waals surface area contributed by atoms with Gasteiger partial charge in [0, 0.05) is 24.2 Å². The van der Waals surface area contributed by atoms with Crippen LogP contribution in [0.1, 0.15) is 26.8 Å². The summed E-state index contributed by atoms with van der Waals surface area (Å²) >= 11 is 4.29. The van der Waals surface area contributed by atoms with E-state index in [1.807, 2.05) is 6.92 Å². The number of carbonyl (C=O) groups is 3. The molecule has 0 unspecified atom stereocenters. The van der Waals surface area contributed by atoms with Crippen molar-refractivity contribution in [3.8, 4) is 0 Å².